The normalized spacial score (nSPS) is 43.9. The van der Waals surface area contributed by atoms with Crippen LogP contribution in [0.5, 0.6) is 0 Å². The first-order valence-electron chi connectivity index (χ1n) is 5.75. The van der Waals surface area contributed by atoms with Crippen LogP contribution in [0, 0.1) is 23.2 Å². The van der Waals surface area contributed by atoms with Gasteiger partial charge in [0.1, 0.15) is 0 Å². The summed E-state index contributed by atoms with van der Waals surface area (Å²) in [6.45, 7) is 10.5. The Labute approximate surface area is 92.2 Å². The summed E-state index contributed by atoms with van der Waals surface area (Å²) in [5.74, 6) is 3.92. The summed E-state index contributed by atoms with van der Waals surface area (Å²) in [4.78, 5) is 0. The van der Waals surface area contributed by atoms with E-state index in [0.717, 1.165) is 24.3 Å². The van der Waals surface area contributed by atoms with Gasteiger partial charge in [-0.3, -0.25) is 0 Å². The molecule has 1 saturated carbocycles. The van der Waals surface area contributed by atoms with Gasteiger partial charge >= 0.3 is 0 Å². The maximum absolute atomic E-state index is 5.85. The third kappa shape index (κ3) is 1.42. The Kier molecular flexibility index (Phi) is 2.43. The molecule has 1 nitrogen and oxygen atoms in total. The van der Waals surface area contributed by atoms with Gasteiger partial charge in [0.25, 0.3) is 0 Å². The van der Waals surface area contributed by atoms with Crippen molar-refractivity contribution < 1.29 is 0 Å². The lowest BCUT2D eigenvalue weighted by molar-refractivity contribution is 0.335. The summed E-state index contributed by atoms with van der Waals surface area (Å²) in [5, 5.41) is 0. The third-order valence-corrected chi connectivity index (χ3v) is 6.11. The molecule has 14 heavy (non-hydrogen) atoms. The molecule has 1 unspecified atom stereocenters. The lowest BCUT2D eigenvalue weighted by Gasteiger charge is -2.27. The van der Waals surface area contributed by atoms with Crippen molar-refractivity contribution in [2.45, 2.75) is 38.9 Å². The fourth-order valence-electron chi connectivity index (χ4n) is 3.55. The Bertz CT molecular complexity index is 234. The van der Waals surface area contributed by atoms with Crippen molar-refractivity contribution in [3.8, 4) is 0 Å². The molecule has 2 fully saturated rings. The number of hydrogen-bond donors (Lipinski definition) is 1. The maximum atomic E-state index is 5.85. The van der Waals surface area contributed by atoms with Gasteiger partial charge in [-0.2, -0.15) is 11.8 Å². The lowest BCUT2D eigenvalue weighted by atomic mass is 9.85. The Morgan fingerprint density at radius 3 is 2.29 bits per heavy atom. The predicted octanol–water partition coefficient (Wildman–Crippen LogP) is 2.75. The zero-order valence-corrected chi connectivity index (χ0v) is 10.7. The topological polar surface area (TPSA) is 26.0 Å². The Hall–Kier alpha value is 0.310. The Morgan fingerprint density at radius 1 is 1.29 bits per heavy atom. The van der Waals surface area contributed by atoms with Crippen molar-refractivity contribution in [3.05, 3.63) is 0 Å². The fraction of sp³-hybridized carbons (Fsp3) is 1.00. The van der Waals surface area contributed by atoms with E-state index < -0.39 is 0 Å². The zero-order chi connectivity index (χ0) is 10.6. The van der Waals surface area contributed by atoms with Crippen molar-refractivity contribution in [2.24, 2.45) is 28.9 Å². The second-order valence-electron chi connectivity index (χ2n) is 6.04. The highest BCUT2D eigenvalue weighted by molar-refractivity contribution is 8.00. The first-order valence-corrected chi connectivity index (χ1v) is 6.74. The Balaban J connectivity index is 2.11. The summed E-state index contributed by atoms with van der Waals surface area (Å²) in [6, 6.07) is 0. The first-order chi connectivity index (χ1) is 6.41. The van der Waals surface area contributed by atoms with Crippen LogP contribution in [-0.4, -0.2) is 17.0 Å². The van der Waals surface area contributed by atoms with Gasteiger partial charge in [-0.25, -0.2) is 0 Å². The highest BCUT2D eigenvalue weighted by Crippen LogP contribution is 2.66. The molecule has 1 saturated heterocycles. The van der Waals surface area contributed by atoms with Gasteiger partial charge in [-0.1, -0.05) is 27.7 Å². The van der Waals surface area contributed by atoms with Crippen molar-refractivity contribution in [1.82, 2.24) is 0 Å². The second-order valence-corrected chi connectivity index (χ2v) is 7.79. The van der Waals surface area contributed by atoms with Gasteiger partial charge in [0.15, 0.2) is 0 Å². The molecule has 0 amide bonds. The van der Waals surface area contributed by atoms with Crippen LogP contribution in [0.3, 0.4) is 0 Å². The minimum atomic E-state index is 0.492. The van der Waals surface area contributed by atoms with Crippen molar-refractivity contribution in [3.63, 3.8) is 0 Å². The molecule has 1 aliphatic carbocycles. The molecule has 0 bridgehead atoms. The Morgan fingerprint density at radius 2 is 1.93 bits per heavy atom. The molecule has 3 atom stereocenters. The summed E-state index contributed by atoms with van der Waals surface area (Å²) in [5.41, 5.74) is 6.36. The second kappa shape index (κ2) is 3.15. The highest BCUT2D eigenvalue weighted by atomic mass is 32.2. The van der Waals surface area contributed by atoms with E-state index in [1.165, 1.54) is 12.2 Å². The van der Waals surface area contributed by atoms with Crippen molar-refractivity contribution >= 4 is 11.8 Å². The van der Waals surface area contributed by atoms with Gasteiger partial charge in [0.05, 0.1) is 0 Å². The number of hydrogen-bond acceptors (Lipinski definition) is 2. The first kappa shape index (κ1) is 10.8. The fourth-order valence-corrected chi connectivity index (χ4v) is 4.93. The summed E-state index contributed by atoms with van der Waals surface area (Å²) < 4.78 is 0.492. The van der Waals surface area contributed by atoms with Gasteiger partial charge in [-0.05, 0) is 41.9 Å². The van der Waals surface area contributed by atoms with Crippen molar-refractivity contribution in [2.75, 3.05) is 12.3 Å². The third-order valence-electron chi connectivity index (χ3n) is 4.62. The quantitative estimate of drug-likeness (QED) is 0.763. The molecule has 2 N–H and O–H groups in total. The molecule has 0 aromatic rings. The average Bonchev–Trinajstić information content (AvgIpc) is 2.40. The summed E-state index contributed by atoms with van der Waals surface area (Å²) in [7, 11) is 0. The molecule has 0 aromatic heterocycles. The van der Waals surface area contributed by atoms with Crippen LogP contribution in [0.25, 0.3) is 0 Å². The van der Waals surface area contributed by atoms with Gasteiger partial charge in [-0.15, -0.1) is 0 Å². The number of thioether (sulfide) groups is 1. The van der Waals surface area contributed by atoms with Crippen LogP contribution in [0.15, 0.2) is 0 Å². The molecular weight excluding hydrogens is 190 g/mol. The van der Waals surface area contributed by atoms with Crippen LogP contribution < -0.4 is 5.73 Å². The van der Waals surface area contributed by atoms with Crippen LogP contribution in [0.2, 0.25) is 0 Å². The monoisotopic (exact) mass is 213 g/mol. The van der Waals surface area contributed by atoms with Crippen LogP contribution in [0.1, 0.15) is 34.1 Å². The summed E-state index contributed by atoms with van der Waals surface area (Å²) >= 11 is 2.15. The molecule has 1 aliphatic heterocycles. The maximum Gasteiger partial charge on any atom is 0.0135 e. The SMILES string of the molecule is CC1(C)SCCC1[C@@H]1[C@@H](CN)C1(C)C. The molecule has 1 heterocycles. The molecule has 0 spiro atoms. The van der Waals surface area contributed by atoms with E-state index in [0.29, 0.717) is 10.2 Å². The predicted molar refractivity (Wildman–Crippen MR) is 64.5 cm³/mol. The van der Waals surface area contributed by atoms with Crippen molar-refractivity contribution in [1.29, 1.82) is 0 Å². The van der Waals surface area contributed by atoms with E-state index in [1.807, 2.05) is 0 Å². The molecule has 2 heteroatoms. The average molecular weight is 213 g/mol. The highest BCUT2D eigenvalue weighted by Gasteiger charge is 2.62. The number of rotatable bonds is 2. The molecule has 2 aliphatic rings. The minimum Gasteiger partial charge on any atom is -0.330 e. The van der Waals surface area contributed by atoms with Gasteiger partial charge in [0.2, 0.25) is 0 Å². The van der Waals surface area contributed by atoms with E-state index in [4.69, 9.17) is 5.73 Å². The molecular formula is C12H23NS. The summed E-state index contributed by atoms with van der Waals surface area (Å²) in [6.07, 6.45) is 1.41. The van der Waals surface area contributed by atoms with Gasteiger partial charge < -0.3 is 5.73 Å². The van der Waals surface area contributed by atoms with E-state index in [-0.39, 0.29) is 0 Å². The molecule has 0 aromatic carbocycles. The van der Waals surface area contributed by atoms with E-state index in [2.05, 4.69) is 39.5 Å². The smallest absolute Gasteiger partial charge is 0.0135 e. The van der Waals surface area contributed by atoms with E-state index in [1.54, 1.807) is 0 Å². The van der Waals surface area contributed by atoms with Crippen LogP contribution >= 0.6 is 11.8 Å². The zero-order valence-electron chi connectivity index (χ0n) is 9.84. The standard InChI is InChI=1S/C12H23NS/c1-11(2)9(7-13)10(11)8-5-6-14-12(8,3)4/h8-10H,5-7,13H2,1-4H3/t8?,9-,10-/m1/s1. The lowest BCUT2D eigenvalue weighted by Crippen LogP contribution is -2.26. The van der Waals surface area contributed by atoms with Gasteiger partial charge in [0, 0.05) is 4.75 Å². The van der Waals surface area contributed by atoms with Crippen LogP contribution in [-0.2, 0) is 0 Å². The van der Waals surface area contributed by atoms with E-state index in [9.17, 15) is 0 Å². The minimum absolute atomic E-state index is 0.492. The molecule has 2 rings (SSSR count). The largest absolute Gasteiger partial charge is 0.330 e. The molecule has 0 radical (unpaired) electrons. The van der Waals surface area contributed by atoms with Crippen LogP contribution in [0.4, 0.5) is 0 Å². The van der Waals surface area contributed by atoms with E-state index >= 15 is 0 Å². The number of nitrogens with two attached hydrogens (primary N) is 1. The molecule has 82 valence electrons.